The van der Waals surface area contributed by atoms with Crippen molar-refractivity contribution in [3.05, 3.63) is 155 Å². The molecule has 15 N–H and O–H groups in total. The van der Waals surface area contributed by atoms with Gasteiger partial charge >= 0.3 is 5.97 Å². The number of fused-ring (bicyclic) bond motifs is 4. The first kappa shape index (κ1) is 114. The van der Waals surface area contributed by atoms with E-state index in [-0.39, 0.29) is 174 Å². The van der Waals surface area contributed by atoms with Crippen LogP contribution in [0.1, 0.15) is 98.1 Å². The third kappa shape index (κ3) is 37.8. The van der Waals surface area contributed by atoms with Crippen LogP contribution in [0.5, 0.6) is 5.88 Å². The van der Waals surface area contributed by atoms with Crippen molar-refractivity contribution in [2.45, 2.75) is 106 Å². The van der Waals surface area contributed by atoms with Gasteiger partial charge in [-0.25, -0.2) is 19.7 Å². The number of H-pyrrole nitrogens is 1. The lowest BCUT2D eigenvalue weighted by molar-refractivity contribution is -0.436. The average molecular weight is 2050 g/mol. The van der Waals surface area contributed by atoms with Crippen LogP contribution in [-0.4, -0.2) is 348 Å². The Kier molecular flexibility index (Phi) is 46.9. The summed E-state index contributed by atoms with van der Waals surface area (Å²) < 4.78 is 156. The summed E-state index contributed by atoms with van der Waals surface area (Å²) in [6.45, 7) is 18.9. The molecule has 5 amide bonds. The maximum absolute atomic E-state index is 13.5. The number of benzene rings is 4. The summed E-state index contributed by atoms with van der Waals surface area (Å²) in [5.41, 5.74) is 24.2. The molecule has 4 aromatic heterocycles. The number of carbonyl (C=O) groups excluding carboxylic acids is 5. The molecular formula is C95H132N19O28S2+. The Bertz CT molecular complexity index is 5810. The van der Waals surface area contributed by atoms with Gasteiger partial charge in [-0.1, -0.05) is 44.2 Å². The number of amides is 5. The Morgan fingerprint density at radius 2 is 0.986 bits per heavy atom. The first-order valence-electron chi connectivity index (χ1n) is 47.1. The summed E-state index contributed by atoms with van der Waals surface area (Å²) in [5, 5.41) is 23.7. The van der Waals surface area contributed by atoms with Crippen molar-refractivity contribution in [1.29, 1.82) is 0 Å². The number of anilines is 5. The standard InChI is InChI=1S/C95H131N19O28S2/c1-94(2)73-59-71(143(122,123)124)17-20-76(73)113(29-23-81(116)100-27-33-130-37-36-129-32-26-99-80(115)22-19-75(91(120)121)107-89(119)68-13-15-70(16-14-68)112(5)63-69-62-103-87-84(106-69)86(96)108-92(97)109-87)78(94)7-6-8-79-95(3,4)74-60-72(144(125,126)127)18-21-77(74)114(79)30-24-82(117)101-28-34-131-38-40-133-42-44-135-46-48-137-50-52-139-54-56-141-58-57-140-55-53-138-51-49-136-47-45-134-43-41-132-39-35-128-31-25-83(118)102-61-66-9-11-67(12-10-66)64-142-90-85-88(105-65-104-85)110-93(98)111-90/h6-18,20-21,59-60,62,65,75H,19,22-58,61,63-64H2,1-5H3,(H14-,96,97,98,99,100,101,102,103,104,105,106,107,108,109,110,111,115,116,117,118,119,120,121,122,123,124,125,126,127)/p+1/t75-/m0/s1. The monoisotopic (exact) mass is 2050 g/mol. The van der Waals surface area contributed by atoms with Gasteiger partial charge in [-0.2, -0.15) is 41.3 Å². The van der Waals surface area contributed by atoms with E-state index in [1.54, 1.807) is 49.5 Å². The Labute approximate surface area is 834 Å². The van der Waals surface area contributed by atoms with Crippen LogP contribution in [0, 0.1) is 0 Å². The van der Waals surface area contributed by atoms with Gasteiger partial charge in [-0.05, 0) is 97.6 Å². The molecule has 144 heavy (non-hydrogen) atoms. The van der Waals surface area contributed by atoms with Crippen LogP contribution in [0.25, 0.3) is 22.3 Å². The zero-order valence-electron chi connectivity index (χ0n) is 81.6. The number of aromatic nitrogens is 8. The maximum atomic E-state index is 13.5. The van der Waals surface area contributed by atoms with Crippen molar-refractivity contribution in [2.75, 3.05) is 252 Å². The van der Waals surface area contributed by atoms with E-state index >= 15 is 0 Å². The van der Waals surface area contributed by atoms with E-state index in [1.165, 1.54) is 36.8 Å². The lowest BCUT2D eigenvalue weighted by Crippen LogP contribution is -2.41. The fourth-order valence-electron chi connectivity index (χ4n) is 15.0. The van der Waals surface area contributed by atoms with Crippen LogP contribution in [0.15, 0.2) is 131 Å². The molecule has 10 rings (SSSR count). The second-order valence-corrected chi connectivity index (χ2v) is 36.5. The molecule has 6 heterocycles. The molecule has 4 aromatic carbocycles. The summed E-state index contributed by atoms with van der Waals surface area (Å²) >= 11 is 0. The number of nitrogens with zero attached hydrogens (tertiary/aromatic N) is 10. The molecule has 8 aromatic rings. The Morgan fingerprint density at radius 1 is 0.514 bits per heavy atom. The predicted octanol–water partition coefficient (Wildman–Crippen LogP) is 3.89. The fourth-order valence-corrected chi connectivity index (χ4v) is 16.0. The number of nitrogens with two attached hydrogens (primary N) is 3. The molecule has 0 saturated heterocycles. The van der Waals surface area contributed by atoms with Crippen molar-refractivity contribution in [3.63, 3.8) is 0 Å². The normalized spacial score (nSPS) is 13.8. The Balaban J connectivity index is 0.509. The number of hydrogen-bond acceptors (Lipinski definition) is 37. The van der Waals surface area contributed by atoms with Crippen LogP contribution in [0.2, 0.25) is 0 Å². The van der Waals surface area contributed by atoms with Gasteiger partial charge in [0.05, 0.1) is 231 Å². The highest BCUT2D eigenvalue weighted by atomic mass is 32.2. The second-order valence-electron chi connectivity index (χ2n) is 33.7. The summed E-state index contributed by atoms with van der Waals surface area (Å²) in [4.78, 5) is 112. The molecule has 0 saturated carbocycles. The van der Waals surface area contributed by atoms with E-state index in [0.29, 0.717) is 214 Å². The van der Waals surface area contributed by atoms with E-state index in [1.807, 2.05) is 78.5 Å². The van der Waals surface area contributed by atoms with E-state index in [4.69, 9.17) is 88.3 Å². The average Bonchev–Trinajstić information content (AvgIpc) is 1.59. The predicted molar refractivity (Wildman–Crippen MR) is 527 cm³/mol. The minimum Gasteiger partial charge on any atom is -0.480 e. The van der Waals surface area contributed by atoms with E-state index < -0.39 is 54.9 Å². The van der Waals surface area contributed by atoms with Gasteiger partial charge in [-0.3, -0.25) is 33.1 Å². The number of aromatic amines is 1. The molecule has 0 fully saturated rings. The van der Waals surface area contributed by atoms with Gasteiger partial charge < -0.3 is 135 Å². The lowest BCUT2D eigenvalue weighted by Gasteiger charge is -2.27. The number of hydrogen-bond donors (Lipinski definition) is 12. The third-order valence-electron chi connectivity index (χ3n) is 22.5. The SMILES string of the molecule is CN(Cc1cnc2nc(N)nc(N)c2n1)c1ccc(C(=O)N[C@@H](CCC(=O)NCCOCCOCCNC(=O)CCN2/C(=C/C=C/C3=[N+](CCC(=O)NCCOCCOCCOCCOCCOCCOCCOCCOCCOCCOCCOCCOCCC(=O)NCc4ccc(COc5nc(N)nc6[nH]cnc56)cc4)c4ccc(S(=O)(=O)O)cc4C3(C)C)C(C)(C)c3cc(S(=O)(=O)O)ccc32)C(=O)O)cc1. The summed E-state index contributed by atoms with van der Waals surface area (Å²) in [5.74, 6) is -2.66. The van der Waals surface area contributed by atoms with Crippen LogP contribution in [-0.2, 0) is 141 Å². The number of allylic oxidation sites excluding steroid dienone is 4. The van der Waals surface area contributed by atoms with E-state index in [0.717, 1.165) is 16.8 Å². The van der Waals surface area contributed by atoms with Crippen LogP contribution < -0.4 is 58.3 Å². The molecule has 2 aliphatic rings. The highest BCUT2D eigenvalue weighted by molar-refractivity contribution is 7.86. The highest BCUT2D eigenvalue weighted by Gasteiger charge is 2.46. The molecule has 47 nitrogen and oxygen atoms in total. The number of ether oxygens (including phenoxy) is 15. The Morgan fingerprint density at radius 3 is 1.51 bits per heavy atom. The lowest BCUT2D eigenvalue weighted by atomic mass is 9.81. The van der Waals surface area contributed by atoms with Crippen LogP contribution in [0.3, 0.4) is 0 Å². The number of nitrogens with one attached hydrogen (secondary N) is 6. The molecule has 0 spiro atoms. The first-order chi connectivity index (χ1) is 69.3. The molecule has 0 radical (unpaired) electrons. The summed E-state index contributed by atoms with van der Waals surface area (Å²) in [6.07, 6.45) is 8.33. The topological polar surface area (TPSA) is 624 Å². The van der Waals surface area contributed by atoms with E-state index in [9.17, 15) is 59.8 Å². The molecule has 49 heteroatoms. The number of carboxylic acids is 1. The number of aliphatic carboxylic acids is 1. The molecular weight excluding hydrogens is 1920 g/mol. The molecule has 0 aliphatic carbocycles. The number of imidazole rings is 1. The van der Waals surface area contributed by atoms with Gasteiger partial charge in [0.15, 0.2) is 40.4 Å². The number of carboxylic acid groups (broad SMARTS) is 1. The number of nitrogen functional groups attached to an aromatic ring is 3. The second kappa shape index (κ2) is 59.3. The third-order valence-corrected chi connectivity index (χ3v) is 24.2. The minimum absolute atomic E-state index is 0.0169. The largest absolute Gasteiger partial charge is 0.480 e. The maximum Gasteiger partial charge on any atom is 0.326 e. The Hall–Kier alpha value is -12.1. The fraction of sp³-hybridized carbons (Fsp3) is 0.516. The highest BCUT2D eigenvalue weighted by Crippen LogP contribution is 2.49. The molecule has 786 valence electrons. The smallest absolute Gasteiger partial charge is 0.326 e. The zero-order chi connectivity index (χ0) is 103. The molecule has 1 atom stereocenters. The van der Waals surface area contributed by atoms with Gasteiger partial charge in [0, 0.05) is 105 Å². The summed E-state index contributed by atoms with van der Waals surface area (Å²) in [6, 6.07) is 21.3. The van der Waals surface area contributed by atoms with Crippen LogP contribution in [0.4, 0.5) is 34.8 Å². The molecule has 2 aliphatic heterocycles. The van der Waals surface area contributed by atoms with Crippen molar-refractivity contribution in [2.24, 2.45) is 0 Å². The van der Waals surface area contributed by atoms with Gasteiger partial charge in [0.1, 0.15) is 12.6 Å². The first-order valence-corrected chi connectivity index (χ1v) is 50.0. The number of carbonyl (C=O) groups is 6. The summed E-state index contributed by atoms with van der Waals surface area (Å²) in [7, 11) is -7.43. The van der Waals surface area contributed by atoms with Crippen molar-refractivity contribution in [1.82, 2.24) is 66.5 Å². The molecule has 0 unspecified atom stereocenters. The van der Waals surface area contributed by atoms with Gasteiger partial charge in [0.25, 0.3) is 26.1 Å². The van der Waals surface area contributed by atoms with Crippen molar-refractivity contribution in [3.8, 4) is 5.88 Å². The van der Waals surface area contributed by atoms with Crippen LogP contribution >= 0.6 is 0 Å². The van der Waals surface area contributed by atoms with Gasteiger partial charge in [0.2, 0.25) is 47.1 Å². The van der Waals surface area contributed by atoms with Crippen molar-refractivity contribution >= 4 is 119 Å². The van der Waals surface area contributed by atoms with Gasteiger partial charge in [-0.15, -0.1) is 0 Å². The van der Waals surface area contributed by atoms with Crippen molar-refractivity contribution < 1.29 is 135 Å². The molecule has 0 bridgehead atoms. The minimum atomic E-state index is -4.62. The van der Waals surface area contributed by atoms with E-state index in [2.05, 4.69) is 66.5 Å². The quantitative estimate of drug-likeness (QED) is 0.0146. The number of rotatable bonds is 72. The zero-order valence-corrected chi connectivity index (χ0v) is 83.2.